The molecule has 1 unspecified atom stereocenters. The van der Waals surface area contributed by atoms with Gasteiger partial charge >= 0.3 is 0 Å². The molecule has 1 atom stereocenters. The van der Waals surface area contributed by atoms with Gasteiger partial charge in [0.25, 0.3) is 5.91 Å². The second-order valence-electron chi connectivity index (χ2n) is 7.72. The molecular formula is C22H28N4O2. The minimum Gasteiger partial charge on any atom is -0.368 e. The number of benzene rings is 1. The summed E-state index contributed by atoms with van der Waals surface area (Å²) in [6.45, 7) is 6.27. The number of hydrogen-bond acceptors (Lipinski definition) is 3. The van der Waals surface area contributed by atoms with Crippen LogP contribution in [-0.4, -0.2) is 65.9 Å². The van der Waals surface area contributed by atoms with Gasteiger partial charge in [-0.05, 0) is 31.0 Å². The smallest absolute Gasteiger partial charge is 0.255 e. The van der Waals surface area contributed by atoms with E-state index in [4.69, 9.17) is 0 Å². The number of aromatic nitrogens is 1. The summed E-state index contributed by atoms with van der Waals surface area (Å²) in [4.78, 5) is 34.4. The van der Waals surface area contributed by atoms with E-state index in [0.717, 1.165) is 56.8 Å². The Hall–Kier alpha value is -2.76. The first-order valence-corrected chi connectivity index (χ1v) is 10.2. The van der Waals surface area contributed by atoms with Crippen molar-refractivity contribution < 1.29 is 9.59 Å². The second kappa shape index (κ2) is 8.09. The summed E-state index contributed by atoms with van der Waals surface area (Å²) in [5.41, 5.74) is 2.97. The zero-order valence-electron chi connectivity index (χ0n) is 16.4. The molecule has 0 spiro atoms. The van der Waals surface area contributed by atoms with Crippen molar-refractivity contribution in [2.24, 2.45) is 0 Å². The summed E-state index contributed by atoms with van der Waals surface area (Å²) in [5, 5.41) is 0. The van der Waals surface area contributed by atoms with E-state index in [1.54, 1.807) is 6.92 Å². The van der Waals surface area contributed by atoms with Gasteiger partial charge in [0.2, 0.25) is 5.91 Å². The molecule has 4 rings (SSSR count). The summed E-state index contributed by atoms with van der Waals surface area (Å²) in [5.74, 6) is 0.419. The van der Waals surface area contributed by atoms with Gasteiger partial charge in [-0.1, -0.05) is 18.2 Å². The molecule has 2 saturated heterocycles. The Bertz CT molecular complexity index is 824. The van der Waals surface area contributed by atoms with Crippen molar-refractivity contribution in [2.75, 3.05) is 44.2 Å². The second-order valence-corrected chi connectivity index (χ2v) is 7.72. The molecule has 1 N–H and O–H groups in total. The molecule has 0 saturated carbocycles. The van der Waals surface area contributed by atoms with Gasteiger partial charge in [0.1, 0.15) is 0 Å². The number of anilines is 1. The van der Waals surface area contributed by atoms with Crippen molar-refractivity contribution in [2.45, 2.75) is 25.7 Å². The topological polar surface area (TPSA) is 59.7 Å². The number of H-pyrrole nitrogens is 1. The number of hydrogen-bond donors (Lipinski definition) is 1. The molecule has 2 aliphatic rings. The SMILES string of the molecule is CC(=O)N1CCCC(c2[nH]ccc2C(=O)N2CCN(c3ccccc3)CC2)C1. The third-order valence-corrected chi connectivity index (χ3v) is 5.97. The van der Waals surface area contributed by atoms with Crippen LogP contribution in [0, 0.1) is 0 Å². The minimum atomic E-state index is 0.101. The van der Waals surface area contributed by atoms with Gasteiger partial charge < -0.3 is 19.7 Å². The maximum atomic E-state index is 13.2. The van der Waals surface area contributed by atoms with Crippen molar-refractivity contribution in [3.8, 4) is 0 Å². The molecule has 0 aliphatic carbocycles. The summed E-state index contributed by atoms with van der Waals surface area (Å²) < 4.78 is 0. The number of aromatic amines is 1. The van der Waals surface area contributed by atoms with Crippen LogP contribution in [0.3, 0.4) is 0 Å². The number of likely N-dealkylation sites (tertiary alicyclic amines) is 1. The van der Waals surface area contributed by atoms with E-state index < -0.39 is 0 Å². The molecule has 2 amide bonds. The molecule has 0 bridgehead atoms. The number of para-hydroxylation sites is 1. The molecule has 3 heterocycles. The van der Waals surface area contributed by atoms with Crippen LogP contribution in [0.4, 0.5) is 5.69 Å². The summed E-state index contributed by atoms with van der Waals surface area (Å²) in [6, 6.07) is 12.3. The van der Waals surface area contributed by atoms with Crippen molar-refractivity contribution in [3.05, 3.63) is 53.9 Å². The first-order chi connectivity index (χ1) is 13.6. The number of amides is 2. The largest absolute Gasteiger partial charge is 0.368 e. The summed E-state index contributed by atoms with van der Waals surface area (Å²) >= 11 is 0. The van der Waals surface area contributed by atoms with Crippen molar-refractivity contribution in [1.29, 1.82) is 0 Å². The van der Waals surface area contributed by atoms with Gasteiger partial charge in [-0.2, -0.15) is 0 Å². The Morgan fingerprint density at radius 3 is 2.43 bits per heavy atom. The van der Waals surface area contributed by atoms with Crippen LogP contribution in [-0.2, 0) is 4.79 Å². The van der Waals surface area contributed by atoms with Gasteiger partial charge in [0.15, 0.2) is 0 Å². The first-order valence-electron chi connectivity index (χ1n) is 10.2. The molecule has 2 fully saturated rings. The number of nitrogens with zero attached hydrogens (tertiary/aromatic N) is 3. The standard InChI is InChI=1S/C22H28N4O2/c1-17(27)26-11-5-6-18(16-26)21-20(9-10-23-21)22(28)25-14-12-24(13-15-25)19-7-3-2-4-8-19/h2-4,7-10,18,23H,5-6,11-16H2,1H3. The number of piperazine rings is 1. The van der Waals surface area contributed by atoms with Gasteiger partial charge in [-0.3, -0.25) is 9.59 Å². The highest BCUT2D eigenvalue weighted by molar-refractivity contribution is 5.95. The van der Waals surface area contributed by atoms with E-state index in [9.17, 15) is 9.59 Å². The molecule has 6 heteroatoms. The Balaban J connectivity index is 1.42. The average Bonchev–Trinajstić information content (AvgIpc) is 3.24. The van der Waals surface area contributed by atoms with E-state index in [2.05, 4.69) is 22.0 Å². The van der Waals surface area contributed by atoms with E-state index in [1.165, 1.54) is 5.69 Å². The molecule has 148 valence electrons. The molecule has 1 aromatic carbocycles. The monoisotopic (exact) mass is 380 g/mol. The van der Waals surface area contributed by atoms with Crippen LogP contribution in [0.2, 0.25) is 0 Å². The van der Waals surface area contributed by atoms with Crippen LogP contribution < -0.4 is 4.90 Å². The molecular weight excluding hydrogens is 352 g/mol. The highest BCUT2D eigenvalue weighted by Gasteiger charge is 2.30. The quantitative estimate of drug-likeness (QED) is 0.891. The molecule has 6 nitrogen and oxygen atoms in total. The lowest BCUT2D eigenvalue weighted by atomic mass is 9.92. The Morgan fingerprint density at radius 2 is 1.71 bits per heavy atom. The Labute approximate surface area is 166 Å². The predicted molar refractivity (Wildman–Crippen MR) is 110 cm³/mol. The van der Waals surface area contributed by atoms with Gasteiger partial charge in [-0.25, -0.2) is 0 Å². The average molecular weight is 380 g/mol. The Morgan fingerprint density at radius 1 is 0.964 bits per heavy atom. The zero-order valence-corrected chi connectivity index (χ0v) is 16.4. The predicted octanol–water partition coefficient (Wildman–Crippen LogP) is 2.70. The maximum absolute atomic E-state index is 13.2. The lowest BCUT2D eigenvalue weighted by Crippen LogP contribution is -2.49. The van der Waals surface area contributed by atoms with Gasteiger partial charge in [0, 0.05) is 69.7 Å². The summed E-state index contributed by atoms with van der Waals surface area (Å²) in [6.07, 6.45) is 3.84. The minimum absolute atomic E-state index is 0.101. The van der Waals surface area contributed by atoms with Crippen LogP contribution in [0.1, 0.15) is 41.7 Å². The van der Waals surface area contributed by atoms with Crippen LogP contribution in [0.25, 0.3) is 0 Å². The number of piperidine rings is 1. The van der Waals surface area contributed by atoms with Crippen molar-refractivity contribution in [1.82, 2.24) is 14.8 Å². The highest BCUT2D eigenvalue weighted by atomic mass is 16.2. The van der Waals surface area contributed by atoms with Crippen molar-refractivity contribution in [3.63, 3.8) is 0 Å². The lowest BCUT2D eigenvalue weighted by molar-refractivity contribution is -0.130. The van der Waals surface area contributed by atoms with Crippen LogP contribution in [0.15, 0.2) is 42.6 Å². The Kier molecular flexibility index (Phi) is 5.37. The fourth-order valence-corrected chi connectivity index (χ4v) is 4.38. The number of carbonyl (C=O) groups excluding carboxylic acids is 2. The molecule has 1 aromatic heterocycles. The van der Waals surface area contributed by atoms with Crippen molar-refractivity contribution >= 4 is 17.5 Å². The van der Waals surface area contributed by atoms with Crippen LogP contribution >= 0.6 is 0 Å². The number of nitrogens with one attached hydrogen (secondary N) is 1. The maximum Gasteiger partial charge on any atom is 0.255 e. The first kappa shape index (κ1) is 18.6. The fraction of sp³-hybridized carbons (Fsp3) is 0.455. The normalized spacial score (nSPS) is 20.3. The molecule has 0 radical (unpaired) electrons. The molecule has 28 heavy (non-hydrogen) atoms. The van der Waals surface area contributed by atoms with Gasteiger partial charge in [0.05, 0.1) is 5.56 Å². The van der Waals surface area contributed by atoms with E-state index >= 15 is 0 Å². The number of rotatable bonds is 3. The zero-order chi connectivity index (χ0) is 19.5. The molecule has 2 aliphatic heterocycles. The van der Waals surface area contributed by atoms with E-state index in [0.29, 0.717) is 6.54 Å². The fourth-order valence-electron chi connectivity index (χ4n) is 4.38. The van der Waals surface area contributed by atoms with E-state index in [-0.39, 0.29) is 17.7 Å². The number of carbonyl (C=O) groups is 2. The van der Waals surface area contributed by atoms with E-state index in [1.807, 2.05) is 40.3 Å². The third-order valence-electron chi connectivity index (χ3n) is 5.97. The summed E-state index contributed by atoms with van der Waals surface area (Å²) in [7, 11) is 0. The van der Waals surface area contributed by atoms with Gasteiger partial charge in [-0.15, -0.1) is 0 Å². The molecule has 2 aromatic rings. The third kappa shape index (κ3) is 3.77. The lowest BCUT2D eigenvalue weighted by Gasteiger charge is -2.36. The van der Waals surface area contributed by atoms with Crippen LogP contribution in [0.5, 0.6) is 0 Å². The highest BCUT2D eigenvalue weighted by Crippen LogP contribution is 2.29.